The molecule has 4 rings (SSSR count). The molecule has 1 spiro atoms. The van der Waals surface area contributed by atoms with Gasteiger partial charge in [-0.05, 0) is 6.07 Å². The number of aryl methyl sites for hydroxylation is 1. The number of aliphatic carboxylic acids is 1. The lowest BCUT2D eigenvalue weighted by molar-refractivity contribution is -0.192. The number of carboxylic acid groups (broad SMARTS) is 1. The highest BCUT2D eigenvalue weighted by molar-refractivity contribution is 8.01. The standard InChI is InChI=1S/C16H18N4O2S.C2HF3O2/c1-19-7-13(18-11-19)15(21)20-9-16(10-20)6-12(8-23-16)22-14-4-2-3-5-17-14;3-2(4,5)1(6)7/h2-5,7,11-12H,6,8-10H2,1H3;(H,6,7). The number of nitrogens with zero attached hydrogens (tertiary/aromatic N) is 4. The summed E-state index contributed by atoms with van der Waals surface area (Å²) in [6.07, 6.45) is 1.21. The molecule has 2 aromatic rings. The Morgan fingerprint density at radius 3 is 2.53 bits per heavy atom. The number of ether oxygens (including phenoxy) is 1. The van der Waals surface area contributed by atoms with Crippen molar-refractivity contribution in [3.8, 4) is 5.88 Å². The molecule has 0 aliphatic carbocycles. The van der Waals surface area contributed by atoms with Gasteiger partial charge < -0.3 is 19.3 Å². The molecule has 12 heteroatoms. The SMILES string of the molecule is Cn1cnc(C(=O)N2CC3(CC(Oc4ccccn4)CS3)C2)c1.O=C(O)C(F)(F)F. The van der Waals surface area contributed by atoms with Crippen molar-refractivity contribution in [3.05, 3.63) is 42.6 Å². The molecule has 0 radical (unpaired) electrons. The second-order valence-corrected chi connectivity index (χ2v) is 8.48. The van der Waals surface area contributed by atoms with E-state index in [4.69, 9.17) is 14.6 Å². The first-order chi connectivity index (χ1) is 14.1. The van der Waals surface area contributed by atoms with E-state index in [0.29, 0.717) is 11.6 Å². The molecule has 2 aromatic heterocycles. The number of imidazole rings is 1. The summed E-state index contributed by atoms with van der Waals surface area (Å²) >= 11 is 1.91. The molecule has 8 nitrogen and oxygen atoms in total. The zero-order chi connectivity index (χ0) is 21.9. The van der Waals surface area contributed by atoms with Crippen LogP contribution >= 0.6 is 11.8 Å². The molecule has 0 saturated carbocycles. The van der Waals surface area contributed by atoms with E-state index in [-0.39, 0.29) is 16.8 Å². The average Bonchev–Trinajstić information content (AvgIpc) is 3.27. The van der Waals surface area contributed by atoms with Gasteiger partial charge in [0.25, 0.3) is 5.91 Å². The second-order valence-electron chi connectivity index (χ2n) is 6.99. The molecule has 1 unspecified atom stereocenters. The van der Waals surface area contributed by atoms with Crippen molar-refractivity contribution in [2.45, 2.75) is 23.4 Å². The number of halogens is 3. The first-order valence-corrected chi connectivity index (χ1v) is 9.85. The monoisotopic (exact) mass is 444 g/mol. The predicted octanol–water partition coefficient (Wildman–Crippen LogP) is 2.23. The number of carbonyl (C=O) groups is 2. The minimum Gasteiger partial charge on any atom is -0.475 e. The maximum Gasteiger partial charge on any atom is 0.490 e. The smallest absolute Gasteiger partial charge is 0.475 e. The Morgan fingerprint density at radius 2 is 2.00 bits per heavy atom. The number of rotatable bonds is 3. The molecule has 30 heavy (non-hydrogen) atoms. The molecule has 2 saturated heterocycles. The van der Waals surface area contributed by atoms with Crippen LogP contribution in [-0.4, -0.2) is 72.3 Å². The second kappa shape index (κ2) is 8.54. The first-order valence-electron chi connectivity index (χ1n) is 8.87. The van der Waals surface area contributed by atoms with E-state index in [0.717, 1.165) is 25.3 Å². The fourth-order valence-electron chi connectivity index (χ4n) is 3.16. The van der Waals surface area contributed by atoms with Crippen LogP contribution in [0.25, 0.3) is 0 Å². The summed E-state index contributed by atoms with van der Waals surface area (Å²) in [4.78, 5) is 31.5. The Kier molecular flexibility index (Phi) is 6.25. The van der Waals surface area contributed by atoms with Gasteiger partial charge in [-0.25, -0.2) is 14.8 Å². The van der Waals surface area contributed by atoms with Gasteiger partial charge in [-0.15, -0.1) is 11.8 Å². The Labute approximate surface area is 174 Å². The normalized spacial score (nSPS) is 19.6. The Balaban J connectivity index is 0.000000318. The molecule has 2 aliphatic heterocycles. The van der Waals surface area contributed by atoms with Crippen LogP contribution in [0.3, 0.4) is 0 Å². The van der Waals surface area contributed by atoms with Crippen LogP contribution in [0.4, 0.5) is 13.2 Å². The average molecular weight is 444 g/mol. The minimum absolute atomic E-state index is 0.0194. The number of carbonyl (C=O) groups excluding carboxylic acids is 1. The van der Waals surface area contributed by atoms with E-state index in [1.165, 1.54) is 0 Å². The van der Waals surface area contributed by atoms with Gasteiger partial charge in [-0.3, -0.25) is 4.79 Å². The van der Waals surface area contributed by atoms with Crippen molar-refractivity contribution in [2.24, 2.45) is 7.05 Å². The lowest BCUT2D eigenvalue weighted by Gasteiger charge is -2.47. The van der Waals surface area contributed by atoms with Crippen molar-refractivity contribution in [2.75, 3.05) is 18.8 Å². The third kappa shape index (κ3) is 5.23. The third-order valence-corrected chi connectivity index (χ3v) is 6.09. The van der Waals surface area contributed by atoms with Crippen molar-refractivity contribution in [1.29, 1.82) is 0 Å². The van der Waals surface area contributed by atoms with Gasteiger partial charge in [-0.1, -0.05) is 6.07 Å². The van der Waals surface area contributed by atoms with E-state index in [2.05, 4.69) is 9.97 Å². The molecule has 1 amide bonds. The van der Waals surface area contributed by atoms with Crippen LogP contribution in [0.2, 0.25) is 0 Å². The van der Waals surface area contributed by atoms with E-state index in [1.807, 2.05) is 41.9 Å². The maximum atomic E-state index is 12.4. The van der Waals surface area contributed by atoms with Gasteiger partial charge >= 0.3 is 12.1 Å². The zero-order valence-corrected chi connectivity index (χ0v) is 16.7. The highest BCUT2D eigenvalue weighted by Crippen LogP contribution is 2.46. The molecule has 1 atom stereocenters. The number of hydrogen-bond donors (Lipinski definition) is 1. The van der Waals surface area contributed by atoms with Gasteiger partial charge in [0.2, 0.25) is 5.88 Å². The number of likely N-dealkylation sites (tertiary alicyclic amines) is 1. The van der Waals surface area contributed by atoms with Gasteiger partial charge in [0.15, 0.2) is 0 Å². The van der Waals surface area contributed by atoms with Crippen LogP contribution in [0.15, 0.2) is 36.9 Å². The van der Waals surface area contributed by atoms with Crippen LogP contribution in [0.5, 0.6) is 5.88 Å². The molecule has 162 valence electrons. The van der Waals surface area contributed by atoms with Crippen LogP contribution in [0, 0.1) is 0 Å². The Hall–Kier alpha value is -2.76. The van der Waals surface area contributed by atoms with Crippen molar-refractivity contribution in [3.63, 3.8) is 0 Å². The van der Waals surface area contributed by atoms with Gasteiger partial charge in [0, 0.05) is 50.8 Å². The van der Waals surface area contributed by atoms with E-state index < -0.39 is 12.1 Å². The molecular weight excluding hydrogens is 425 g/mol. The minimum atomic E-state index is -5.08. The summed E-state index contributed by atoms with van der Waals surface area (Å²) in [5, 5.41) is 7.12. The van der Waals surface area contributed by atoms with E-state index in [9.17, 15) is 18.0 Å². The first kappa shape index (κ1) is 21.9. The number of alkyl halides is 3. The summed E-state index contributed by atoms with van der Waals surface area (Å²) in [6, 6.07) is 5.69. The Bertz CT molecular complexity index is 900. The zero-order valence-electron chi connectivity index (χ0n) is 15.9. The number of amides is 1. The van der Waals surface area contributed by atoms with E-state index in [1.54, 1.807) is 23.3 Å². The van der Waals surface area contributed by atoms with Crippen molar-refractivity contribution < 1.29 is 32.6 Å². The van der Waals surface area contributed by atoms with Gasteiger partial charge in [0.1, 0.15) is 11.8 Å². The lowest BCUT2D eigenvalue weighted by Crippen LogP contribution is -2.60. The molecule has 4 heterocycles. The highest BCUT2D eigenvalue weighted by atomic mass is 32.2. The number of pyridine rings is 1. The van der Waals surface area contributed by atoms with Crippen LogP contribution in [-0.2, 0) is 11.8 Å². The molecule has 2 aliphatic rings. The molecule has 0 aromatic carbocycles. The quantitative estimate of drug-likeness (QED) is 0.775. The molecule has 0 bridgehead atoms. The number of thioether (sulfide) groups is 1. The predicted molar refractivity (Wildman–Crippen MR) is 101 cm³/mol. The highest BCUT2D eigenvalue weighted by Gasteiger charge is 2.51. The Morgan fingerprint density at radius 1 is 1.30 bits per heavy atom. The van der Waals surface area contributed by atoms with Crippen molar-refractivity contribution >= 4 is 23.6 Å². The fraction of sp³-hybridized carbons (Fsp3) is 0.444. The maximum absolute atomic E-state index is 12.4. The molecular formula is C18H19F3N4O4S. The number of aromatic nitrogens is 3. The van der Waals surface area contributed by atoms with Gasteiger partial charge in [-0.2, -0.15) is 13.2 Å². The summed E-state index contributed by atoms with van der Waals surface area (Å²) < 4.78 is 39.6. The van der Waals surface area contributed by atoms with Crippen molar-refractivity contribution in [1.82, 2.24) is 19.4 Å². The molecule has 1 N–H and O–H groups in total. The van der Waals surface area contributed by atoms with Crippen LogP contribution in [0.1, 0.15) is 16.9 Å². The summed E-state index contributed by atoms with van der Waals surface area (Å²) in [5.41, 5.74) is 0.520. The largest absolute Gasteiger partial charge is 0.490 e. The van der Waals surface area contributed by atoms with E-state index >= 15 is 0 Å². The molecule has 2 fully saturated rings. The fourth-order valence-corrected chi connectivity index (χ4v) is 4.69. The summed E-state index contributed by atoms with van der Waals surface area (Å²) in [5.74, 6) is -1.11. The van der Waals surface area contributed by atoms with Gasteiger partial charge in [0.05, 0.1) is 11.1 Å². The van der Waals surface area contributed by atoms with Crippen LogP contribution < -0.4 is 4.74 Å². The summed E-state index contributed by atoms with van der Waals surface area (Å²) in [7, 11) is 1.87. The summed E-state index contributed by atoms with van der Waals surface area (Å²) in [6.45, 7) is 1.55. The topological polar surface area (TPSA) is 97.5 Å². The number of hydrogen-bond acceptors (Lipinski definition) is 6. The third-order valence-electron chi connectivity index (χ3n) is 4.51. The number of carboxylic acids is 1. The lowest BCUT2D eigenvalue weighted by atomic mass is 9.92.